The zero-order valence-electron chi connectivity index (χ0n) is 11.5. The second-order valence-corrected chi connectivity index (χ2v) is 5.65. The van der Waals surface area contributed by atoms with Gasteiger partial charge in [-0.2, -0.15) is 0 Å². The van der Waals surface area contributed by atoms with E-state index in [1.165, 1.54) is 12.8 Å². The van der Waals surface area contributed by atoms with Gasteiger partial charge in [0.15, 0.2) is 0 Å². The standard InChI is InChI=1S/C14H27NO2/c1-4-5-6-13(14(16)17)15(12-7-8-12)10-9-11(2)3/h11-13H,4-10H2,1-3H3,(H,16,17). The van der Waals surface area contributed by atoms with Crippen molar-refractivity contribution in [3.63, 3.8) is 0 Å². The van der Waals surface area contributed by atoms with Gasteiger partial charge in [0.2, 0.25) is 0 Å². The van der Waals surface area contributed by atoms with Crippen LogP contribution in [0.1, 0.15) is 59.3 Å². The van der Waals surface area contributed by atoms with Crippen LogP contribution in [0.4, 0.5) is 0 Å². The van der Waals surface area contributed by atoms with Gasteiger partial charge < -0.3 is 5.11 Å². The predicted octanol–water partition coefficient (Wildman–Crippen LogP) is 3.14. The second kappa shape index (κ2) is 7.00. The Hall–Kier alpha value is -0.570. The molecule has 1 rings (SSSR count). The van der Waals surface area contributed by atoms with Crippen molar-refractivity contribution in [1.82, 2.24) is 4.90 Å². The van der Waals surface area contributed by atoms with Gasteiger partial charge in [-0.05, 0) is 38.1 Å². The molecule has 1 atom stereocenters. The zero-order valence-corrected chi connectivity index (χ0v) is 11.5. The van der Waals surface area contributed by atoms with Crippen LogP contribution in [0.5, 0.6) is 0 Å². The molecule has 17 heavy (non-hydrogen) atoms. The topological polar surface area (TPSA) is 40.5 Å². The molecule has 0 amide bonds. The van der Waals surface area contributed by atoms with E-state index in [4.69, 9.17) is 0 Å². The minimum Gasteiger partial charge on any atom is -0.480 e. The highest BCUT2D eigenvalue weighted by Crippen LogP contribution is 2.30. The summed E-state index contributed by atoms with van der Waals surface area (Å²) in [6.45, 7) is 7.47. The smallest absolute Gasteiger partial charge is 0.320 e. The maximum Gasteiger partial charge on any atom is 0.320 e. The Bertz CT molecular complexity index is 236. The van der Waals surface area contributed by atoms with Crippen LogP contribution in [0, 0.1) is 5.92 Å². The number of carbonyl (C=O) groups is 1. The van der Waals surface area contributed by atoms with E-state index in [-0.39, 0.29) is 6.04 Å². The molecule has 1 unspecified atom stereocenters. The molecule has 1 aliphatic rings. The highest BCUT2D eigenvalue weighted by atomic mass is 16.4. The van der Waals surface area contributed by atoms with E-state index >= 15 is 0 Å². The van der Waals surface area contributed by atoms with Crippen LogP contribution in [-0.2, 0) is 4.79 Å². The van der Waals surface area contributed by atoms with Gasteiger partial charge in [0.05, 0.1) is 0 Å². The van der Waals surface area contributed by atoms with Crippen molar-refractivity contribution in [2.45, 2.75) is 71.4 Å². The van der Waals surface area contributed by atoms with Gasteiger partial charge in [0, 0.05) is 6.04 Å². The monoisotopic (exact) mass is 241 g/mol. The molecule has 3 nitrogen and oxygen atoms in total. The van der Waals surface area contributed by atoms with Crippen LogP contribution >= 0.6 is 0 Å². The first-order valence-corrected chi connectivity index (χ1v) is 7.04. The van der Waals surface area contributed by atoms with Crippen molar-refractivity contribution >= 4 is 5.97 Å². The summed E-state index contributed by atoms with van der Waals surface area (Å²) >= 11 is 0. The lowest BCUT2D eigenvalue weighted by molar-refractivity contribution is -0.144. The van der Waals surface area contributed by atoms with E-state index in [1.54, 1.807) is 0 Å². The first-order chi connectivity index (χ1) is 8.06. The molecule has 0 aromatic rings. The summed E-state index contributed by atoms with van der Waals surface area (Å²) < 4.78 is 0. The van der Waals surface area contributed by atoms with Gasteiger partial charge in [-0.15, -0.1) is 0 Å². The molecule has 0 aromatic heterocycles. The Labute approximate surface area is 105 Å². The van der Waals surface area contributed by atoms with E-state index in [1.807, 2.05) is 0 Å². The van der Waals surface area contributed by atoms with Gasteiger partial charge in [0.1, 0.15) is 6.04 Å². The lowest BCUT2D eigenvalue weighted by Crippen LogP contribution is -2.43. The quantitative estimate of drug-likeness (QED) is 0.674. The third kappa shape index (κ3) is 5.07. The third-order valence-electron chi connectivity index (χ3n) is 3.50. The normalized spacial score (nSPS) is 17.7. The SMILES string of the molecule is CCCCC(C(=O)O)N(CCC(C)C)C1CC1. The zero-order chi connectivity index (χ0) is 12.8. The van der Waals surface area contributed by atoms with Crippen LogP contribution in [0.2, 0.25) is 0 Å². The number of rotatable bonds is 9. The Morgan fingerprint density at radius 1 is 1.35 bits per heavy atom. The van der Waals surface area contributed by atoms with E-state index < -0.39 is 5.97 Å². The molecule has 0 spiro atoms. The van der Waals surface area contributed by atoms with Gasteiger partial charge in [-0.1, -0.05) is 33.6 Å². The summed E-state index contributed by atoms with van der Waals surface area (Å²) in [6.07, 6.45) is 6.38. The molecule has 1 N–H and O–H groups in total. The number of hydrogen-bond donors (Lipinski definition) is 1. The molecular formula is C14H27NO2. The Kier molecular flexibility index (Phi) is 5.96. The first-order valence-electron chi connectivity index (χ1n) is 7.04. The summed E-state index contributed by atoms with van der Waals surface area (Å²) in [5.74, 6) is 0.0194. The van der Waals surface area contributed by atoms with Gasteiger partial charge in [-0.25, -0.2) is 0 Å². The molecule has 100 valence electrons. The van der Waals surface area contributed by atoms with Crippen LogP contribution in [0.3, 0.4) is 0 Å². The van der Waals surface area contributed by atoms with Crippen molar-refractivity contribution in [2.24, 2.45) is 5.92 Å². The lowest BCUT2D eigenvalue weighted by atomic mass is 10.1. The molecular weight excluding hydrogens is 214 g/mol. The van der Waals surface area contributed by atoms with E-state index in [0.29, 0.717) is 12.0 Å². The lowest BCUT2D eigenvalue weighted by Gasteiger charge is -2.29. The summed E-state index contributed by atoms with van der Waals surface area (Å²) in [5, 5.41) is 9.37. The minimum atomic E-state index is -0.630. The maximum atomic E-state index is 11.4. The van der Waals surface area contributed by atoms with Crippen LogP contribution < -0.4 is 0 Å². The molecule has 0 bridgehead atoms. The molecule has 0 aliphatic heterocycles. The van der Waals surface area contributed by atoms with E-state index in [9.17, 15) is 9.90 Å². The summed E-state index contributed by atoms with van der Waals surface area (Å²) in [4.78, 5) is 13.6. The maximum absolute atomic E-state index is 11.4. The van der Waals surface area contributed by atoms with Gasteiger partial charge in [0.25, 0.3) is 0 Å². The Balaban J connectivity index is 2.54. The fourth-order valence-corrected chi connectivity index (χ4v) is 2.23. The van der Waals surface area contributed by atoms with Crippen LogP contribution in [0.15, 0.2) is 0 Å². The average molecular weight is 241 g/mol. The van der Waals surface area contributed by atoms with Crippen molar-refractivity contribution < 1.29 is 9.90 Å². The average Bonchev–Trinajstić information content (AvgIpc) is 3.05. The predicted molar refractivity (Wildman–Crippen MR) is 70.1 cm³/mol. The van der Waals surface area contributed by atoms with Crippen molar-refractivity contribution in [3.8, 4) is 0 Å². The van der Waals surface area contributed by atoms with E-state index in [0.717, 1.165) is 32.2 Å². The highest BCUT2D eigenvalue weighted by molar-refractivity contribution is 5.73. The fourth-order valence-electron chi connectivity index (χ4n) is 2.23. The summed E-state index contributed by atoms with van der Waals surface area (Å²) in [5.41, 5.74) is 0. The van der Waals surface area contributed by atoms with Crippen molar-refractivity contribution in [1.29, 1.82) is 0 Å². The number of unbranched alkanes of at least 4 members (excludes halogenated alkanes) is 1. The highest BCUT2D eigenvalue weighted by Gasteiger charge is 2.36. The molecule has 0 radical (unpaired) electrons. The molecule has 1 saturated carbocycles. The van der Waals surface area contributed by atoms with Crippen molar-refractivity contribution in [2.75, 3.05) is 6.54 Å². The molecule has 1 fully saturated rings. The van der Waals surface area contributed by atoms with Crippen molar-refractivity contribution in [3.05, 3.63) is 0 Å². The molecule has 3 heteroatoms. The first kappa shape index (κ1) is 14.5. The van der Waals surface area contributed by atoms with E-state index in [2.05, 4.69) is 25.7 Å². The molecule has 0 saturated heterocycles. The summed E-state index contributed by atoms with van der Waals surface area (Å²) in [6, 6.07) is 0.299. The number of aliphatic carboxylic acids is 1. The van der Waals surface area contributed by atoms with Gasteiger partial charge >= 0.3 is 5.97 Å². The Morgan fingerprint density at radius 2 is 2.00 bits per heavy atom. The number of carboxylic acid groups (broad SMARTS) is 1. The second-order valence-electron chi connectivity index (χ2n) is 5.65. The molecule has 1 aliphatic carbocycles. The number of nitrogens with zero attached hydrogens (tertiary/aromatic N) is 1. The fraction of sp³-hybridized carbons (Fsp3) is 0.929. The third-order valence-corrected chi connectivity index (χ3v) is 3.50. The van der Waals surface area contributed by atoms with Gasteiger partial charge in [-0.3, -0.25) is 9.69 Å². The molecule has 0 heterocycles. The minimum absolute atomic E-state index is 0.249. The largest absolute Gasteiger partial charge is 0.480 e. The van der Waals surface area contributed by atoms with Crippen LogP contribution in [0.25, 0.3) is 0 Å². The summed E-state index contributed by atoms with van der Waals surface area (Å²) in [7, 11) is 0. The number of carboxylic acids is 1. The molecule has 0 aromatic carbocycles. The Morgan fingerprint density at radius 3 is 2.41 bits per heavy atom. The number of hydrogen-bond acceptors (Lipinski definition) is 2. The van der Waals surface area contributed by atoms with Crippen LogP contribution in [-0.4, -0.2) is 34.6 Å².